The highest BCUT2D eigenvalue weighted by molar-refractivity contribution is 7.13. The summed E-state index contributed by atoms with van der Waals surface area (Å²) in [5, 5.41) is 3.03. The van der Waals surface area contributed by atoms with Crippen LogP contribution in [-0.4, -0.2) is 11.1 Å². The minimum absolute atomic E-state index is 0.301. The lowest BCUT2D eigenvalue weighted by molar-refractivity contribution is 0.0397. The molecule has 1 unspecified atom stereocenters. The second-order valence-electron chi connectivity index (χ2n) is 5.73. The molecular weight excluding hydrogens is 302 g/mol. The molecule has 0 saturated heterocycles. The van der Waals surface area contributed by atoms with Gasteiger partial charge in [-0.25, -0.2) is 4.98 Å². The van der Waals surface area contributed by atoms with Crippen molar-refractivity contribution in [1.82, 2.24) is 4.98 Å². The van der Waals surface area contributed by atoms with Gasteiger partial charge in [0.2, 0.25) is 0 Å². The Kier molecular flexibility index (Phi) is 6.22. The average Bonchev–Trinajstić information content (AvgIpc) is 2.94. The van der Waals surface area contributed by atoms with Crippen molar-refractivity contribution in [2.45, 2.75) is 45.8 Å². The SMILES string of the molecule is CC(C)CC(C)OCc1ccc(-c2nc(CCl)cs2)cc1. The summed E-state index contributed by atoms with van der Waals surface area (Å²) >= 11 is 7.42. The maximum Gasteiger partial charge on any atom is 0.123 e. The Bertz CT molecular complexity index is 550. The van der Waals surface area contributed by atoms with E-state index in [0.717, 1.165) is 22.7 Å². The van der Waals surface area contributed by atoms with Crippen LogP contribution >= 0.6 is 22.9 Å². The van der Waals surface area contributed by atoms with E-state index in [-0.39, 0.29) is 0 Å². The maximum absolute atomic E-state index is 5.88. The fourth-order valence-corrected chi connectivity index (χ4v) is 3.27. The van der Waals surface area contributed by atoms with E-state index in [1.54, 1.807) is 11.3 Å². The number of thiazole rings is 1. The lowest BCUT2D eigenvalue weighted by atomic mass is 10.1. The van der Waals surface area contributed by atoms with E-state index in [9.17, 15) is 0 Å². The molecule has 2 nitrogen and oxygen atoms in total. The molecule has 0 radical (unpaired) electrons. The van der Waals surface area contributed by atoms with E-state index in [1.807, 2.05) is 5.38 Å². The summed E-state index contributed by atoms with van der Waals surface area (Å²) in [6, 6.07) is 8.42. The molecule has 0 amide bonds. The lowest BCUT2D eigenvalue weighted by Gasteiger charge is -2.15. The zero-order valence-corrected chi connectivity index (χ0v) is 14.4. The van der Waals surface area contributed by atoms with Crippen LogP contribution in [0.3, 0.4) is 0 Å². The second kappa shape index (κ2) is 7.92. The number of benzene rings is 1. The van der Waals surface area contributed by atoms with Gasteiger partial charge in [-0.1, -0.05) is 38.1 Å². The standard InChI is InChI=1S/C17H22ClNOS/c1-12(2)8-13(3)20-10-14-4-6-15(7-5-14)17-19-16(9-18)11-21-17/h4-7,11-13H,8-10H2,1-3H3. The molecule has 1 aromatic carbocycles. The van der Waals surface area contributed by atoms with Gasteiger partial charge in [0.25, 0.3) is 0 Å². The zero-order valence-electron chi connectivity index (χ0n) is 12.8. The van der Waals surface area contributed by atoms with Gasteiger partial charge in [0.1, 0.15) is 5.01 Å². The number of alkyl halides is 1. The third-order valence-corrected chi connectivity index (χ3v) is 4.44. The van der Waals surface area contributed by atoms with Gasteiger partial charge in [0, 0.05) is 10.9 Å². The van der Waals surface area contributed by atoms with Crippen molar-refractivity contribution >= 4 is 22.9 Å². The molecule has 1 heterocycles. The Labute approximate surface area is 136 Å². The lowest BCUT2D eigenvalue weighted by Crippen LogP contribution is -2.11. The molecule has 0 aliphatic rings. The summed E-state index contributed by atoms with van der Waals surface area (Å²) in [6.45, 7) is 7.24. The van der Waals surface area contributed by atoms with Gasteiger partial charge in [0.15, 0.2) is 0 Å². The number of halogens is 1. The number of ether oxygens (including phenoxy) is 1. The molecule has 2 aromatic rings. The first-order valence-electron chi connectivity index (χ1n) is 7.29. The van der Waals surface area contributed by atoms with Crippen LogP contribution in [-0.2, 0) is 17.2 Å². The summed E-state index contributed by atoms with van der Waals surface area (Å²) in [6.07, 6.45) is 1.40. The van der Waals surface area contributed by atoms with Crippen LogP contribution in [0.2, 0.25) is 0 Å². The molecule has 0 aliphatic heterocycles. The van der Waals surface area contributed by atoms with Gasteiger partial charge in [0.05, 0.1) is 24.3 Å². The summed E-state index contributed by atoms with van der Waals surface area (Å²) < 4.78 is 5.88. The van der Waals surface area contributed by atoms with Crippen LogP contribution in [0.15, 0.2) is 29.6 Å². The highest BCUT2D eigenvalue weighted by Crippen LogP contribution is 2.25. The van der Waals surface area contributed by atoms with Crippen molar-refractivity contribution < 1.29 is 4.74 Å². The first-order chi connectivity index (χ1) is 10.1. The Morgan fingerprint density at radius 2 is 1.90 bits per heavy atom. The van der Waals surface area contributed by atoms with E-state index < -0.39 is 0 Å². The highest BCUT2D eigenvalue weighted by Gasteiger charge is 2.07. The smallest absolute Gasteiger partial charge is 0.123 e. The zero-order chi connectivity index (χ0) is 15.2. The molecule has 0 saturated carbocycles. The molecule has 0 fully saturated rings. The van der Waals surface area contributed by atoms with Crippen LogP contribution in [0, 0.1) is 5.92 Å². The molecular formula is C17H22ClNOS. The maximum atomic E-state index is 5.88. The van der Waals surface area contributed by atoms with Gasteiger partial charge < -0.3 is 4.74 Å². The van der Waals surface area contributed by atoms with Gasteiger partial charge >= 0.3 is 0 Å². The van der Waals surface area contributed by atoms with E-state index in [1.165, 1.54) is 5.56 Å². The minimum atomic E-state index is 0.301. The second-order valence-corrected chi connectivity index (χ2v) is 6.85. The normalized spacial score (nSPS) is 12.8. The topological polar surface area (TPSA) is 22.1 Å². The third-order valence-electron chi connectivity index (χ3n) is 3.23. The minimum Gasteiger partial charge on any atom is -0.374 e. The van der Waals surface area contributed by atoms with Crippen molar-refractivity contribution in [2.75, 3.05) is 0 Å². The Morgan fingerprint density at radius 1 is 1.19 bits per heavy atom. The van der Waals surface area contributed by atoms with Crippen LogP contribution in [0.1, 0.15) is 38.4 Å². The predicted octanol–water partition coefficient (Wildman–Crippen LogP) is 5.50. The highest BCUT2D eigenvalue weighted by atomic mass is 35.5. The summed E-state index contributed by atoms with van der Waals surface area (Å²) in [5.41, 5.74) is 3.27. The van der Waals surface area contributed by atoms with Crippen molar-refractivity contribution in [3.63, 3.8) is 0 Å². The van der Waals surface area contributed by atoms with Gasteiger partial charge in [-0.2, -0.15) is 0 Å². The summed E-state index contributed by atoms with van der Waals surface area (Å²) in [7, 11) is 0. The number of aromatic nitrogens is 1. The number of hydrogen-bond acceptors (Lipinski definition) is 3. The van der Waals surface area contributed by atoms with Crippen molar-refractivity contribution in [3.05, 3.63) is 40.9 Å². The summed E-state index contributed by atoms with van der Waals surface area (Å²) in [4.78, 5) is 4.49. The van der Waals surface area contributed by atoms with Gasteiger partial charge in [-0.3, -0.25) is 0 Å². The Hall–Kier alpha value is -0.900. The van der Waals surface area contributed by atoms with Crippen LogP contribution in [0.25, 0.3) is 10.6 Å². The first kappa shape index (κ1) is 16.5. The third kappa shape index (κ3) is 5.10. The molecule has 0 bridgehead atoms. The predicted molar refractivity (Wildman–Crippen MR) is 90.8 cm³/mol. The number of rotatable bonds is 7. The van der Waals surface area contributed by atoms with Crippen molar-refractivity contribution in [2.24, 2.45) is 5.92 Å². The van der Waals surface area contributed by atoms with E-state index in [4.69, 9.17) is 16.3 Å². The number of nitrogens with zero attached hydrogens (tertiary/aromatic N) is 1. The number of hydrogen-bond donors (Lipinski definition) is 0. The monoisotopic (exact) mass is 323 g/mol. The van der Waals surface area contributed by atoms with Crippen molar-refractivity contribution in [1.29, 1.82) is 0 Å². The van der Waals surface area contributed by atoms with Gasteiger partial charge in [-0.15, -0.1) is 22.9 Å². The van der Waals surface area contributed by atoms with E-state index in [0.29, 0.717) is 24.5 Å². The summed E-state index contributed by atoms with van der Waals surface area (Å²) in [5.74, 6) is 1.14. The molecule has 0 N–H and O–H groups in total. The van der Waals surface area contributed by atoms with Gasteiger partial charge in [-0.05, 0) is 24.8 Å². The van der Waals surface area contributed by atoms with Crippen LogP contribution in [0.4, 0.5) is 0 Å². The Balaban J connectivity index is 1.92. The average molecular weight is 324 g/mol. The molecule has 0 aliphatic carbocycles. The van der Waals surface area contributed by atoms with E-state index >= 15 is 0 Å². The molecule has 21 heavy (non-hydrogen) atoms. The van der Waals surface area contributed by atoms with E-state index in [2.05, 4.69) is 50.0 Å². The van der Waals surface area contributed by atoms with Crippen LogP contribution < -0.4 is 0 Å². The Morgan fingerprint density at radius 3 is 2.48 bits per heavy atom. The van der Waals surface area contributed by atoms with Crippen molar-refractivity contribution in [3.8, 4) is 10.6 Å². The van der Waals surface area contributed by atoms with Crippen LogP contribution in [0.5, 0.6) is 0 Å². The molecule has 2 rings (SSSR count). The molecule has 1 atom stereocenters. The molecule has 114 valence electrons. The quantitative estimate of drug-likeness (QED) is 0.628. The fourth-order valence-electron chi connectivity index (χ4n) is 2.21. The molecule has 4 heteroatoms. The largest absolute Gasteiger partial charge is 0.374 e. The molecule has 1 aromatic heterocycles. The first-order valence-corrected chi connectivity index (χ1v) is 8.71. The molecule has 0 spiro atoms. The fraction of sp³-hybridized carbons (Fsp3) is 0.471.